The van der Waals surface area contributed by atoms with Gasteiger partial charge in [0, 0.05) is 6.42 Å². The van der Waals surface area contributed by atoms with E-state index < -0.39 is 55.8 Å². The minimum absolute atomic E-state index is 0.0413. The van der Waals surface area contributed by atoms with Crippen LogP contribution in [0, 0.1) is 0 Å². The lowest BCUT2D eigenvalue weighted by Gasteiger charge is -2.42. The van der Waals surface area contributed by atoms with Gasteiger partial charge in [-0.25, -0.2) is 0 Å². The Kier molecular flexibility index (Phi) is 5.29. The van der Waals surface area contributed by atoms with Crippen LogP contribution >= 0.6 is 0 Å². The molecular weight excluding hydrogens is 276 g/mol. The Balaban J connectivity index is 2.01. The first-order valence-corrected chi connectivity index (χ1v) is 6.37. The average Bonchev–Trinajstić information content (AvgIpc) is 2.41. The van der Waals surface area contributed by atoms with E-state index in [0.29, 0.717) is 0 Å². The number of hydrogen-bond acceptors (Lipinski definition) is 9. The molecule has 2 saturated heterocycles. The first-order chi connectivity index (χ1) is 9.43. The van der Waals surface area contributed by atoms with Crippen molar-refractivity contribution >= 4 is 0 Å². The Hall–Kier alpha value is -0.360. The van der Waals surface area contributed by atoms with E-state index in [0.717, 1.165) is 0 Å². The van der Waals surface area contributed by atoms with Crippen LogP contribution in [0.3, 0.4) is 0 Å². The number of hydrogen-bond donors (Lipinski definition) is 6. The highest BCUT2D eigenvalue weighted by atomic mass is 16.7. The molecule has 0 aromatic rings. The summed E-state index contributed by atoms with van der Waals surface area (Å²) in [7, 11) is 0. The summed E-state index contributed by atoms with van der Waals surface area (Å²) in [5, 5.41) is 56.9. The van der Waals surface area contributed by atoms with E-state index in [1.54, 1.807) is 0 Å². The molecule has 0 aromatic carbocycles. The van der Waals surface area contributed by atoms with Gasteiger partial charge in [0.15, 0.2) is 12.6 Å². The molecule has 9 nitrogen and oxygen atoms in total. The first-order valence-electron chi connectivity index (χ1n) is 6.37. The first kappa shape index (κ1) is 16.0. The molecule has 118 valence electrons. The summed E-state index contributed by atoms with van der Waals surface area (Å²) in [4.78, 5) is 0. The molecule has 0 unspecified atom stereocenters. The molecule has 20 heavy (non-hydrogen) atoms. The predicted octanol–water partition coefficient (Wildman–Crippen LogP) is -3.73. The van der Waals surface area contributed by atoms with E-state index in [-0.39, 0.29) is 13.0 Å². The largest absolute Gasteiger partial charge is 0.394 e. The maximum atomic E-state index is 9.87. The molecule has 0 saturated carbocycles. The van der Waals surface area contributed by atoms with Gasteiger partial charge in [-0.3, -0.25) is 0 Å². The zero-order valence-corrected chi connectivity index (χ0v) is 10.6. The van der Waals surface area contributed by atoms with Crippen LogP contribution < -0.4 is 0 Å². The summed E-state index contributed by atoms with van der Waals surface area (Å²) in [6, 6.07) is 0. The van der Waals surface area contributed by atoms with Crippen molar-refractivity contribution in [1.82, 2.24) is 0 Å². The summed E-state index contributed by atoms with van der Waals surface area (Å²) in [5.41, 5.74) is 0. The van der Waals surface area contributed by atoms with Crippen LogP contribution in [0.4, 0.5) is 0 Å². The standard InChI is InChI=1S/C11H20O9/c12-2-6-9(7(15)8(16)10(17)19-6)20-11-5(14)1-4(13)3-18-11/h4-17H,1-3H2/t4-,5+,6+,7+,8+,9+,10+,11+/m0/s1. The molecule has 2 aliphatic heterocycles. The summed E-state index contributed by atoms with van der Waals surface area (Å²) in [6.45, 7) is -0.600. The van der Waals surface area contributed by atoms with E-state index >= 15 is 0 Å². The van der Waals surface area contributed by atoms with E-state index in [1.807, 2.05) is 0 Å². The van der Waals surface area contributed by atoms with Gasteiger partial charge in [0.05, 0.1) is 19.3 Å². The summed E-state index contributed by atoms with van der Waals surface area (Å²) >= 11 is 0. The molecule has 0 aromatic heterocycles. The van der Waals surface area contributed by atoms with Gasteiger partial charge in [-0.2, -0.15) is 0 Å². The second-order valence-electron chi connectivity index (χ2n) is 4.99. The summed E-state index contributed by atoms with van der Waals surface area (Å²) in [5.74, 6) is 0. The third-order valence-electron chi connectivity index (χ3n) is 3.41. The van der Waals surface area contributed by atoms with E-state index in [9.17, 15) is 25.5 Å². The Bertz CT molecular complexity index is 312. The molecular formula is C11H20O9. The lowest BCUT2D eigenvalue weighted by molar-refractivity contribution is -0.334. The van der Waals surface area contributed by atoms with Crippen LogP contribution in [0.25, 0.3) is 0 Å². The molecule has 2 aliphatic rings. The highest BCUT2D eigenvalue weighted by molar-refractivity contribution is 4.90. The number of rotatable bonds is 3. The highest BCUT2D eigenvalue weighted by Crippen LogP contribution is 2.26. The second kappa shape index (κ2) is 6.60. The molecule has 2 rings (SSSR count). The van der Waals surface area contributed by atoms with E-state index in [2.05, 4.69) is 0 Å². The van der Waals surface area contributed by atoms with Crippen molar-refractivity contribution in [2.75, 3.05) is 13.2 Å². The Morgan fingerprint density at radius 3 is 2.35 bits per heavy atom. The van der Waals surface area contributed by atoms with Crippen molar-refractivity contribution in [2.24, 2.45) is 0 Å². The highest BCUT2D eigenvalue weighted by Gasteiger charge is 2.46. The zero-order chi connectivity index (χ0) is 14.9. The Morgan fingerprint density at radius 1 is 1.05 bits per heavy atom. The molecule has 0 aliphatic carbocycles. The quantitative estimate of drug-likeness (QED) is 0.309. The third-order valence-corrected chi connectivity index (χ3v) is 3.41. The molecule has 0 spiro atoms. The molecule has 0 bridgehead atoms. The molecule has 9 heteroatoms. The number of ether oxygens (including phenoxy) is 3. The van der Waals surface area contributed by atoms with Crippen LogP contribution in [-0.4, -0.2) is 93.1 Å². The van der Waals surface area contributed by atoms with Gasteiger partial charge in [-0.1, -0.05) is 0 Å². The molecule has 0 amide bonds. The maximum absolute atomic E-state index is 9.87. The lowest BCUT2D eigenvalue weighted by atomic mass is 9.98. The Labute approximate surface area is 114 Å². The van der Waals surface area contributed by atoms with Crippen LogP contribution in [0.5, 0.6) is 0 Å². The van der Waals surface area contributed by atoms with Crippen LogP contribution in [-0.2, 0) is 14.2 Å². The fourth-order valence-corrected chi connectivity index (χ4v) is 2.29. The molecule has 0 radical (unpaired) electrons. The van der Waals surface area contributed by atoms with Gasteiger partial charge in [-0.05, 0) is 0 Å². The Morgan fingerprint density at radius 2 is 1.75 bits per heavy atom. The molecule has 8 atom stereocenters. The number of aliphatic hydroxyl groups is 6. The van der Waals surface area contributed by atoms with Gasteiger partial charge < -0.3 is 44.8 Å². The van der Waals surface area contributed by atoms with Crippen molar-refractivity contribution in [3.05, 3.63) is 0 Å². The van der Waals surface area contributed by atoms with Crippen molar-refractivity contribution < 1.29 is 44.8 Å². The summed E-state index contributed by atoms with van der Waals surface area (Å²) < 4.78 is 15.3. The SMILES string of the molecule is OC[C@H]1O[C@@H](O)[C@H](O)[C@@H](O)[C@@H]1O[C@H]1OC[C@@H](O)C[C@H]1O. The van der Waals surface area contributed by atoms with E-state index in [4.69, 9.17) is 19.3 Å². The summed E-state index contributed by atoms with van der Waals surface area (Å²) in [6.07, 6.45) is -10.0. The van der Waals surface area contributed by atoms with Gasteiger partial charge in [0.2, 0.25) is 0 Å². The number of aliphatic hydroxyl groups excluding tert-OH is 6. The van der Waals surface area contributed by atoms with Gasteiger partial charge in [0.25, 0.3) is 0 Å². The van der Waals surface area contributed by atoms with Gasteiger partial charge in [0.1, 0.15) is 30.5 Å². The fourth-order valence-electron chi connectivity index (χ4n) is 2.29. The van der Waals surface area contributed by atoms with Crippen LogP contribution in [0.2, 0.25) is 0 Å². The third kappa shape index (κ3) is 3.27. The van der Waals surface area contributed by atoms with Gasteiger partial charge in [-0.15, -0.1) is 0 Å². The van der Waals surface area contributed by atoms with E-state index in [1.165, 1.54) is 0 Å². The predicted molar refractivity (Wildman–Crippen MR) is 61.2 cm³/mol. The van der Waals surface area contributed by atoms with Crippen molar-refractivity contribution in [2.45, 2.75) is 55.6 Å². The molecule has 2 heterocycles. The maximum Gasteiger partial charge on any atom is 0.184 e. The van der Waals surface area contributed by atoms with Crippen LogP contribution in [0.1, 0.15) is 6.42 Å². The smallest absolute Gasteiger partial charge is 0.184 e. The average molecular weight is 296 g/mol. The minimum Gasteiger partial charge on any atom is -0.394 e. The molecule has 2 fully saturated rings. The lowest BCUT2D eigenvalue weighted by Crippen LogP contribution is -2.61. The topological polar surface area (TPSA) is 149 Å². The fraction of sp³-hybridized carbons (Fsp3) is 1.00. The van der Waals surface area contributed by atoms with Crippen molar-refractivity contribution in [3.63, 3.8) is 0 Å². The minimum atomic E-state index is -1.64. The zero-order valence-electron chi connectivity index (χ0n) is 10.6. The monoisotopic (exact) mass is 296 g/mol. The van der Waals surface area contributed by atoms with Crippen LogP contribution in [0.15, 0.2) is 0 Å². The van der Waals surface area contributed by atoms with Crippen molar-refractivity contribution in [1.29, 1.82) is 0 Å². The van der Waals surface area contributed by atoms with Crippen molar-refractivity contribution in [3.8, 4) is 0 Å². The van der Waals surface area contributed by atoms with Gasteiger partial charge >= 0.3 is 0 Å². The second-order valence-corrected chi connectivity index (χ2v) is 4.99. The normalized spacial score (nSPS) is 50.1. The molecule has 6 N–H and O–H groups in total.